The molecule has 0 aliphatic rings. The lowest BCUT2D eigenvalue weighted by Crippen LogP contribution is -2.14. The van der Waals surface area contributed by atoms with Gasteiger partial charge in [-0.05, 0) is 24.6 Å². The Bertz CT molecular complexity index is 963. The molecule has 0 radical (unpaired) electrons. The summed E-state index contributed by atoms with van der Waals surface area (Å²) in [4.78, 5) is 28.7. The van der Waals surface area contributed by atoms with Crippen LogP contribution in [0.3, 0.4) is 0 Å². The van der Waals surface area contributed by atoms with Gasteiger partial charge in [0.15, 0.2) is 0 Å². The summed E-state index contributed by atoms with van der Waals surface area (Å²) in [7, 11) is 0. The van der Waals surface area contributed by atoms with Crippen LogP contribution in [0.5, 0.6) is 0 Å². The maximum absolute atomic E-state index is 13.0. The zero-order chi connectivity index (χ0) is 19.9. The normalized spacial score (nSPS) is 10.9. The van der Waals surface area contributed by atoms with E-state index in [4.69, 9.17) is 11.6 Å². The van der Waals surface area contributed by atoms with Crippen molar-refractivity contribution >= 4 is 39.9 Å². The maximum atomic E-state index is 13.0. The molecular weight excluding hydrogens is 372 g/mol. The molecule has 3 aromatic rings. The first-order valence-corrected chi connectivity index (χ1v) is 10.2. The molecule has 4 nitrogen and oxygen atoms in total. The van der Waals surface area contributed by atoms with Crippen LogP contribution in [-0.4, -0.2) is 16.7 Å². The van der Waals surface area contributed by atoms with Gasteiger partial charge in [-0.25, -0.2) is 0 Å². The number of aromatic amines is 1. The maximum Gasteiger partial charge on any atom is 0.224 e. The Hall–Kier alpha value is -2.59. The van der Waals surface area contributed by atoms with Gasteiger partial charge in [0.1, 0.15) is 5.69 Å². The zero-order valence-corrected chi connectivity index (χ0v) is 16.8. The first-order valence-electron chi connectivity index (χ1n) is 9.81. The standard InChI is InChI=1S/C23H25ClN2O2/c1-2-3-4-5-9-12-20(27)26-21-18-14-13-17(24)15-19(18)25-22(21)23(28)16-10-7-6-8-11-16/h6-8,10-11,13-15,25H,2-5,9,12H2,1H3,(H,26,27). The number of carbonyl (C=O) groups is 2. The van der Waals surface area contributed by atoms with Gasteiger partial charge in [-0.2, -0.15) is 0 Å². The Morgan fingerprint density at radius 2 is 1.75 bits per heavy atom. The molecule has 2 N–H and O–H groups in total. The van der Waals surface area contributed by atoms with E-state index in [-0.39, 0.29) is 11.7 Å². The smallest absolute Gasteiger partial charge is 0.224 e. The molecule has 5 heteroatoms. The van der Waals surface area contributed by atoms with Crippen LogP contribution in [0, 0.1) is 0 Å². The molecule has 28 heavy (non-hydrogen) atoms. The van der Waals surface area contributed by atoms with Gasteiger partial charge < -0.3 is 10.3 Å². The van der Waals surface area contributed by atoms with Crippen molar-refractivity contribution in [2.75, 3.05) is 5.32 Å². The van der Waals surface area contributed by atoms with Crippen LogP contribution in [0.15, 0.2) is 48.5 Å². The fourth-order valence-corrected chi connectivity index (χ4v) is 3.47. The van der Waals surface area contributed by atoms with E-state index in [2.05, 4.69) is 17.2 Å². The van der Waals surface area contributed by atoms with Crippen molar-refractivity contribution in [2.24, 2.45) is 0 Å². The third-order valence-corrected chi connectivity index (χ3v) is 5.03. The van der Waals surface area contributed by atoms with E-state index in [9.17, 15) is 9.59 Å². The van der Waals surface area contributed by atoms with E-state index >= 15 is 0 Å². The second kappa shape index (κ2) is 9.56. The molecule has 2 aromatic carbocycles. The van der Waals surface area contributed by atoms with E-state index < -0.39 is 0 Å². The number of hydrogen-bond acceptors (Lipinski definition) is 2. The molecular formula is C23H25ClN2O2. The highest BCUT2D eigenvalue weighted by molar-refractivity contribution is 6.31. The Labute approximate surface area is 170 Å². The van der Waals surface area contributed by atoms with Gasteiger partial charge in [-0.3, -0.25) is 9.59 Å². The number of hydrogen-bond donors (Lipinski definition) is 2. The number of amides is 1. The minimum atomic E-state index is -0.161. The molecule has 0 aliphatic carbocycles. The summed E-state index contributed by atoms with van der Waals surface area (Å²) >= 11 is 6.10. The summed E-state index contributed by atoms with van der Waals surface area (Å²) in [5.41, 5.74) is 2.20. The molecule has 1 heterocycles. The van der Waals surface area contributed by atoms with Crippen molar-refractivity contribution in [2.45, 2.75) is 45.4 Å². The molecule has 3 rings (SSSR count). The number of rotatable bonds is 9. The summed E-state index contributed by atoms with van der Waals surface area (Å²) in [6.07, 6.45) is 5.86. The number of nitrogens with one attached hydrogen (secondary N) is 2. The average Bonchev–Trinajstić information content (AvgIpc) is 3.05. The van der Waals surface area contributed by atoms with Crippen molar-refractivity contribution in [3.05, 3.63) is 64.8 Å². The largest absolute Gasteiger partial charge is 0.350 e. The van der Waals surface area contributed by atoms with Gasteiger partial charge in [0.25, 0.3) is 0 Å². The van der Waals surface area contributed by atoms with E-state index in [1.54, 1.807) is 24.3 Å². The minimum Gasteiger partial charge on any atom is -0.350 e. The molecule has 1 amide bonds. The van der Waals surface area contributed by atoms with Crippen LogP contribution in [-0.2, 0) is 4.79 Å². The van der Waals surface area contributed by atoms with E-state index in [0.29, 0.717) is 28.4 Å². The molecule has 1 aromatic heterocycles. The van der Waals surface area contributed by atoms with Crippen molar-refractivity contribution < 1.29 is 9.59 Å². The number of unbranched alkanes of at least 4 members (excludes halogenated alkanes) is 4. The Morgan fingerprint density at radius 3 is 2.50 bits per heavy atom. The highest BCUT2D eigenvalue weighted by Crippen LogP contribution is 2.31. The first-order chi connectivity index (χ1) is 13.6. The Kier molecular flexibility index (Phi) is 6.88. The molecule has 0 aliphatic heterocycles. The SMILES string of the molecule is CCCCCCCC(=O)Nc1c(C(=O)c2ccccc2)[nH]c2cc(Cl)ccc12. The van der Waals surface area contributed by atoms with Crippen LogP contribution in [0.4, 0.5) is 5.69 Å². The van der Waals surface area contributed by atoms with Crippen molar-refractivity contribution in [3.63, 3.8) is 0 Å². The third kappa shape index (κ3) is 4.82. The molecule has 0 spiro atoms. The molecule has 0 fully saturated rings. The molecule has 146 valence electrons. The summed E-state index contributed by atoms with van der Waals surface area (Å²) < 4.78 is 0. The topological polar surface area (TPSA) is 62.0 Å². The molecule has 0 saturated heterocycles. The fraction of sp³-hybridized carbons (Fsp3) is 0.304. The number of H-pyrrole nitrogens is 1. The summed E-state index contributed by atoms with van der Waals surface area (Å²) in [6.45, 7) is 2.17. The second-order valence-corrected chi connectivity index (χ2v) is 7.41. The van der Waals surface area contributed by atoms with Crippen molar-refractivity contribution in [1.82, 2.24) is 4.98 Å². The number of halogens is 1. The lowest BCUT2D eigenvalue weighted by Gasteiger charge is -2.07. The van der Waals surface area contributed by atoms with Gasteiger partial charge in [0, 0.05) is 27.9 Å². The molecule has 0 unspecified atom stereocenters. The van der Waals surface area contributed by atoms with Crippen LogP contribution in [0.2, 0.25) is 5.02 Å². The number of anilines is 1. The Balaban J connectivity index is 1.85. The quantitative estimate of drug-likeness (QED) is 0.327. The molecule has 0 bridgehead atoms. The predicted molar refractivity (Wildman–Crippen MR) is 115 cm³/mol. The summed E-state index contributed by atoms with van der Waals surface area (Å²) in [6, 6.07) is 14.4. The average molecular weight is 397 g/mol. The first kappa shape index (κ1) is 20.2. The second-order valence-electron chi connectivity index (χ2n) is 6.97. The van der Waals surface area contributed by atoms with E-state index in [0.717, 1.165) is 30.2 Å². The van der Waals surface area contributed by atoms with Gasteiger partial charge >= 0.3 is 0 Å². The van der Waals surface area contributed by atoms with Gasteiger partial charge in [-0.15, -0.1) is 0 Å². The van der Waals surface area contributed by atoms with E-state index in [1.807, 2.05) is 24.3 Å². The lowest BCUT2D eigenvalue weighted by molar-refractivity contribution is -0.116. The van der Waals surface area contributed by atoms with Crippen LogP contribution < -0.4 is 5.32 Å². The van der Waals surface area contributed by atoms with Gasteiger partial charge in [-0.1, -0.05) is 74.5 Å². The highest BCUT2D eigenvalue weighted by Gasteiger charge is 2.21. The lowest BCUT2D eigenvalue weighted by atomic mass is 10.1. The summed E-state index contributed by atoms with van der Waals surface area (Å²) in [5, 5.41) is 4.31. The summed E-state index contributed by atoms with van der Waals surface area (Å²) in [5.74, 6) is -0.236. The van der Waals surface area contributed by atoms with Crippen molar-refractivity contribution in [3.8, 4) is 0 Å². The molecule has 0 saturated carbocycles. The van der Waals surface area contributed by atoms with Crippen LogP contribution in [0.25, 0.3) is 10.9 Å². The molecule has 0 atom stereocenters. The zero-order valence-electron chi connectivity index (χ0n) is 16.1. The number of ketones is 1. The predicted octanol–water partition coefficient (Wildman–Crippen LogP) is 6.35. The van der Waals surface area contributed by atoms with Gasteiger partial charge in [0.05, 0.1) is 5.69 Å². The number of carbonyl (C=O) groups excluding carboxylic acids is 2. The fourth-order valence-electron chi connectivity index (χ4n) is 3.29. The minimum absolute atomic E-state index is 0.0746. The van der Waals surface area contributed by atoms with E-state index in [1.165, 1.54) is 12.8 Å². The van der Waals surface area contributed by atoms with Crippen LogP contribution in [0.1, 0.15) is 61.5 Å². The Morgan fingerprint density at radius 1 is 1.00 bits per heavy atom. The highest BCUT2D eigenvalue weighted by atomic mass is 35.5. The van der Waals surface area contributed by atoms with Crippen LogP contribution >= 0.6 is 11.6 Å². The number of fused-ring (bicyclic) bond motifs is 1. The number of benzene rings is 2. The van der Waals surface area contributed by atoms with Crippen molar-refractivity contribution in [1.29, 1.82) is 0 Å². The monoisotopic (exact) mass is 396 g/mol. The van der Waals surface area contributed by atoms with Gasteiger partial charge in [0.2, 0.25) is 11.7 Å². The third-order valence-electron chi connectivity index (χ3n) is 4.80. The number of aromatic nitrogens is 1.